The lowest BCUT2D eigenvalue weighted by atomic mass is 10.3. The predicted molar refractivity (Wildman–Crippen MR) is 41.1 cm³/mol. The minimum atomic E-state index is 0.754. The molecule has 0 atom stereocenters. The Morgan fingerprint density at radius 2 is 2.55 bits per heavy atom. The van der Waals surface area contributed by atoms with Gasteiger partial charge in [0, 0.05) is 18.2 Å². The normalized spacial score (nSPS) is 17.2. The topological polar surface area (TPSA) is 38.1 Å². The molecule has 3 nitrogen and oxygen atoms in total. The van der Waals surface area contributed by atoms with Crippen LogP contribution in [-0.2, 0) is 6.54 Å². The van der Waals surface area contributed by atoms with Crippen LogP contribution in [-0.4, -0.2) is 11.2 Å². The third kappa shape index (κ3) is 1.60. The van der Waals surface area contributed by atoms with Crippen LogP contribution < -0.4 is 5.32 Å². The van der Waals surface area contributed by atoms with Gasteiger partial charge in [-0.1, -0.05) is 5.16 Å². The molecule has 60 valence electrons. The van der Waals surface area contributed by atoms with Gasteiger partial charge in [-0.05, 0) is 19.8 Å². The molecule has 0 saturated heterocycles. The molecule has 0 aliphatic heterocycles. The molecule has 1 saturated carbocycles. The van der Waals surface area contributed by atoms with E-state index in [-0.39, 0.29) is 0 Å². The van der Waals surface area contributed by atoms with Crippen LogP contribution in [0.1, 0.15) is 24.2 Å². The van der Waals surface area contributed by atoms with Gasteiger partial charge in [-0.25, -0.2) is 0 Å². The summed E-state index contributed by atoms with van der Waals surface area (Å²) in [5.41, 5.74) is 1.18. The molecule has 1 heterocycles. The van der Waals surface area contributed by atoms with Gasteiger partial charge in [-0.15, -0.1) is 0 Å². The third-order valence-electron chi connectivity index (χ3n) is 2.01. The molecule has 0 bridgehead atoms. The predicted octanol–water partition coefficient (Wildman–Crippen LogP) is 1.24. The lowest BCUT2D eigenvalue weighted by Crippen LogP contribution is -2.15. The van der Waals surface area contributed by atoms with Gasteiger partial charge in [0.2, 0.25) is 0 Å². The van der Waals surface area contributed by atoms with Crippen LogP contribution in [0.4, 0.5) is 0 Å². The molecule has 0 amide bonds. The quantitative estimate of drug-likeness (QED) is 0.708. The van der Waals surface area contributed by atoms with Gasteiger partial charge in [-0.3, -0.25) is 0 Å². The summed E-state index contributed by atoms with van der Waals surface area (Å²) in [7, 11) is 0. The van der Waals surface area contributed by atoms with E-state index in [1.165, 1.54) is 18.4 Å². The zero-order chi connectivity index (χ0) is 7.68. The van der Waals surface area contributed by atoms with Crippen molar-refractivity contribution in [2.75, 3.05) is 0 Å². The third-order valence-corrected chi connectivity index (χ3v) is 2.01. The largest absolute Gasteiger partial charge is 0.361 e. The van der Waals surface area contributed by atoms with Crippen molar-refractivity contribution in [2.45, 2.75) is 32.4 Å². The zero-order valence-corrected chi connectivity index (χ0v) is 6.63. The number of hydrogen-bond acceptors (Lipinski definition) is 3. The second-order valence-electron chi connectivity index (χ2n) is 3.06. The fourth-order valence-corrected chi connectivity index (χ4v) is 1.03. The molecule has 1 fully saturated rings. The van der Waals surface area contributed by atoms with E-state index < -0.39 is 0 Å². The monoisotopic (exact) mass is 152 g/mol. The maximum absolute atomic E-state index is 4.93. The van der Waals surface area contributed by atoms with Crippen molar-refractivity contribution in [1.82, 2.24) is 10.5 Å². The van der Waals surface area contributed by atoms with Crippen molar-refractivity contribution in [1.29, 1.82) is 0 Å². The van der Waals surface area contributed by atoms with Gasteiger partial charge in [0.25, 0.3) is 0 Å². The molecule has 1 aliphatic rings. The summed E-state index contributed by atoms with van der Waals surface area (Å²) < 4.78 is 4.93. The highest BCUT2D eigenvalue weighted by Gasteiger charge is 2.20. The van der Waals surface area contributed by atoms with Crippen molar-refractivity contribution in [2.24, 2.45) is 0 Å². The molecular formula is C8H12N2O. The Balaban J connectivity index is 1.89. The van der Waals surface area contributed by atoms with E-state index in [0.29, 0.717) is 0 Å². The van der Waals surface area contributed by atoms with Crippen LogP contribution in [0.2, 0.25) is 0 Å². The van der Waals surface area contributed by atoms with E-state index in [4.69, 9.17) is 4.52 Å². The Bertz CT molecular complexity index is 240. The average molecular weight is 152 g/mol. The maximum atomic E-state index is 4.93. The highest BCUT2D eigenvalue weighted by atomic mass is 16.5. The van der Waals surface area contributed by atoms with E-state index in [1.807, 2.05) is 6.92 Å². The maximum Gasteiger partial charge on any atom is 0.138 e. The molecule has 11 heavy (non-hydrogen) atoms. The Morgan fingerprint density at radius 3 is 3.09 bits per heavy atom. The van der Waals surface area contributed by atoms with Crippen LogP contribution in [0.15, 0.2) is 10.7 Å². The van der Waals surface area contributed by atoms with E-state index in [9.17, 15) is 0 Å². The first kappa shape index (κ1) is 6.85. The van der Waals surface area contributed by atoms with Gasteiger partial charge in [0.1, 0.15) is 5.76 Å². The average Bonchev–Trinajstić information content (AvgIpc) is 2.73. The summed E-state index contributed by atoms with van der Waals surface area (Å²) in [6.07, 6.45) is 4.43. The van der Waals surface area contributed by atoms with Gasteiger partial charge in [0.05, 0.1) is 6.20 Å². The van der Waals surface area contributed by atoms with Crippen LogP contribution in [0.3, 0.4) is 0 Å². The SMILES string of the molecule is Cc1oncc1CNC1CC1. The standard InChI is InChI=1S/C8H12N2O/c1-6-7(5-10-11-6)4-9-8-2-3-8/h5,8-9H,2-4H2,1H3. The Labute approximate surface area is 65.8 Å². The summed E-state index contributed by atoms with van der Waals surface area (Å²) in [5, 5.41) is 7.10. The fourth-order valence-electron chi connectivity index (χ4n) is 1.03. The van der Waals surface area contributed by atoms with Crippen LogP contribution >= 0.6 is 0 Å². The van der Waals surface area contributed by atoms with E-state index >= 15 is 0 Å². The summed E-state index contributed by atoms with van der Waals surface area (Å²) in [5.74, 6) is 0.929. The molecule has 2 rings (SSSR count). The van der Waals surface area contributed by atoms with Crippen molar-refractivity contribution < 1.29 is 4.52 Å². The molecule has 1 aromatic heterocycles. The van der Waals surface area contributed by atoms with Gasteiger partial charge < -0.3 is 9.84 Å². The zero-order valence-electron chi connectivity index (χ0n) is 6.63. The molecule has 0 unspecified atom stereocenters. The smallest absolute Gasteiger partial charge is 0.138 e. The van der Waals surface area contributed by atoms with Crippen molar-refractivity contribution in [3.8, 4) is 0 Å². The number of hydrogen-bond donors (Lipinski definition) is 1. The number of aryl methyl sites for hydroxylation is 1. The van der Waals surface area contributed by atoms with E-state index in [1.54, 1.807) is 6.20 Å². The Morgan fingerprint density at radius 1 is 1.73 bits per heavy atom. The lowest BCUT2D eigenvalue weighted by molar-refractivity contribution is 0.395. The summed E-state index contributed by atoms with van der Waals surface area (Å²) in [6.45, 7) is 2.84. The number of rotatable bonds is 3. The van der Waals surface area contributed by atoms with Crippen LogP contribution in [0.25, 0.3) is 0 Å². The number of nitrogens with zero attached hydrogens (tertiary/aromatic N) is 1. The fraction of sp³-hybridized carbons (Fsp3) is 0.625. The molecule has 1 aliphatic carbocycles. The van der Waals surface area contributed by atoms with Gasteiger partial charge in [0.15, 0.2) is 0 Å². The number of aromatic nitrogens is 1. The molecule has 1 aromatic rings. The van der Waals surface area contributed by atoms with Crippen LogP contribution in [0, 0.1) is 6.92 Å². The van der Waals surface area contributed by atoms with Crippen LogP contribution in [0.5, 0.6) is 0 Å². The van der Waals surface area contributed by atoms with Gasteiger partial charge in [-0.2, -0.15) is 0 Å². The first-order valence-corrected chi connectivity index (χ1v) is 4.00. The van der Waals surface area contributed by atoms with Crippen molar-refractivity contribution in [3.63, 3.8) is 0 Å². The summed E-state index contributed by atoms with van der Waals surface area (Å²) >= 11 is 0. The minimum Gasteiger partial charge on any atom is -0.361 e. The Kier molecular flexibility index (Phi) is 1.66. The molecular weight excluding hydrogens is 140 g/mol. The molecule has 1 N–H and O–H groups in total. The van der Waals surface area contributed by atoms with Crippen molar-refractivity contribution >= 4 is 0 Å². The number of nitrogens with one attached hydrogen (secondary N) is 1. The minimum absolute atomic E-state index is 0.754. The highest BCUT2D eigenvalue weighted by molar-refractivity contribution is 5.11. The Hall–Kier alpha value is -0.830. The molecule has 0 spiro atoms. The first-order valence-electron chi connectivity index (χ1n) is 4.00. The molecule has 0 radical (unpaired) electrons. The second kappa shape index (κ2) is 2.66. The highest BCUT2D eigenvalue weighted by Crippen LogP contribution is 2.19. The second-order valence-corrected chi connectivity index (χ2v) is 3.06. The summed E-state index contributed by atoms with van der Waals surface area (Å²) in [4.78, 5) is 0. The lowest BCUT2D eigenvalue weighted by Gasteiger charge is -1.98. The molecule has 3 heteroatoms. The van der Waals surface area contributed by atoms with Crippen molar-refractivity contribution in [3.05, 3.63) is 17.5 Å². The van der Waals surface area contributed by atoms with E-state index in [2.05, 4.69) is 10.5 Å². The summed E-state index contributed by atoms with van der Waals surface area (Å²) in [6, 6.07) is 0.754. The van der Waals surface area contributed by atoms with Gasteiger partial charge >= 0.3 is 0 Å². The van der Waals surface area contributed by atoms with E-state index in [0.717, 1.165) is 18.3 Å². The first-order chi connectivity index (χ1) is 5.36. The molecule has 0 aromatic carbocycles.